The van der Waals surface area contributed by atoms with E-state index in [0.29, 0.717) is 0 Å². The Kier molecular flexibility index (Phi) is 4.75. The molecule has 0 heterocycles. The van der Waals surface area contributed by atoms with E-state index in [4.69, 9.17) is 0 Å². The summed E-state index contributed by atoms with van der Waals surface area (Å²) < 4.78 is 14.3. The van der Waals surface area contributed by atoms with Crippen LogP contribution in [0.1, 0.15) is 39.0 Å². The van der Waals surface area contributed by atoms with Crippen LogP contribution in [0, 0.1) is 5.92 Å². The molecule has 0 aliphatic heterocycles. The standard InChI is InChI=1S/C20H25O2P/c1-20(21,17-11-5-2-6-12-17)23(22,18-13-7-3-8-14-18)19-15-9-4-10-16-19/h3-4,7-10,13-17,21H,2,5-6,11-12H2,1H3. The number of hydrogen-bond acceptors (Lipinski definition) is 2. The van der Waals surface area contributed by atoms with Crippen LogP contribution in [0.15, 0.2) is 60.7 Å². The lowest BCUT2D eigenvalue weighted by Crippen LogP contribution is -2.42. The van der Waals surface area contributed by atoms with E-state index in [-0.39, 0.29) is 5.92 Å². The molecular formula is C20H25O2P. The smallest absolute Gasteiger partial charge is 0.173 e. The van der Waals surface area contributed by atoms with Gasteiger partial charge in [-0.1, -0.05) is 79.9 Å². The third-order valence-electron chi connectivity index (χ3n) is 5.26. The molecule has 122 valence electrons. The Hall–Kier alpha value is -1.37. The van der Waals surface area contributed by atoms with E-state index >= 15 is 0 Å². The summed E-state index contributed by atoms with van der Waals surface area (Å²) in [6.07, 6.45) is 5.36. The average Bonchev–Trinajstić information content (AvgIpc) is 2.63. The third kappa shape index (κ3) is 2.91. The first-order valence-corrected chi connectivity index (χ1v) is 10.2. The molecule has 1 atom stereocenters. The molecule has 2 aromatic carbocycles. The lowest BCUT2D eigenvalue weighted by atomic mass is 9.85. The van der Waals surface area contributed by atoms with E-state index in [0.717, 1.165) is 36.3 Å². The van der Waals surface area contributed by atoms with Crippen molar-refractivity contribution in [1.29, 1.82) is 0 Å². The highest BCUT2D eigenvalue weighted by molar-refractivity contribution is 7.79. The molecule has 1 saturated carbocycles. The van der Waals surface area contributed by atoms with Crippen molar-refractivity contribution in [3.63, 3.8) is 0 Å². The molecule has 0 saturated heterocycles. The summed E-state index contributed by atoms with van der Waals surface area (Å²) in [5.41, 5.74) is 0. The molecule has 1 fully saturated rings. The molecule has 0 amide bonds. The van der Waals surface area contributed by atoms with Gasteiger partial charge in [0.15, 0.2) is 7.14 Å². The first-order valence-electron chi connectivity index (χ1n) is 8.50. The highest BCUT2D eigenvalue weighted by atomic mass is 31.2. The van der Waals surface area contributed by atoms with E-state index in [9.17, 15) is 9.67 Å². The average molecular weight is 328 g/mol. The van der Waals surface area contributed by atoms with E-state index in [1.165, 1.54) is 6.42 Å². The Balaban J connectivity index is 2.14. The summed E-state index contributed by atoms with van der Waals surface area (Å²) in [4.78, 5) is 0. The van der Waals surface area contributed by atoms with Gasteiger partial charge in [0.05, 0.1) is 0 Å². The van der Waals surface area contributed by atoms with Gasteiger partial charge in [0.1, 0.15) is 5.34 Å². The Morgan fingerprint density at radius 2 is 1.30 bits per heavy atom. The van der Waals surface area contributed by atoms with Crippen LogP contribution in [-0.2, 0) is 4.57 Å². The molecule has 1 N–H and O–H groups in total. The fourth-order valence-electron chi connectivity index (χ4n) is 3.85. The van der Waals surface area contributed by atoms with Crippen molar-refractivity contribution in [1.82, 2.24) is 0 Å². The Morgan fingerprint density at radius 1 is 0.870 bits per heavy atom. The van der Waals surface area contributed by atoms with Crippen LogP contribution in [-0.4, -0.2) is 10.4 Å². The summed E-state index contributed by atoms with van der Waals surface area (Å²) in [6.45, 7) is 1.80. The van der Waals surface area contributed by atoms with E-state index in [1.807, 2.05) is 60.7 Å². The second-order valence-corrected chi connectivity index (χ2v) is 9.87. The van der Waals surface area contributed by atoms with Gasteiger partial charge in [0.25, 0.3) is 0 Å². The highest BCUT2D eigenvalue weighted by Gasteiger charge is 2.50. The molecule has 3 heteroatoms. The van der Waals surface area contributed by atoms with Crippen molar-refractivity contribution in [2.75, 3.05) is 0 Å². The summed E-state index contributed by atoms with van der Waals surface area (Å²) in [6, 6.07) is 19.0. The molecule has 2 nitrogen and oxygen atoms in total. The molecule has 1 aliphatic carbocycles. The van der Waals surface area contributed by atoms with Crippen LogP contribution in [0.5, 0.6) is 0 Å². The van der Waals surface area contributed by atoms with Crippen molar-refractivity contribution in [3.8, 4) is 0 Å². The number of benzene rings is 2. The molecule has 0 bridgehead atoms. The zero-order chi connectivity index (χ0) is 16.3. The quantitative estimate of drug-likeness (QED) is 0.850. The van der Waals surface area contributed by atoms with Gasteiger partial charge in [0.2, 0.25) is 0 Å². The third-order valence-corrected chi connectivity index (χ3v) is 8.95. The van der Waals surface area contributed by atoms with E-state index in [1.54, 1.807) is 6.92 Å². The van der Waals surface area contributed by atoms with Crippen LogP contribution in [0.3, 0.4) is 0 Å². The summed E-state index contributed by atoms with van der Waals surface area (Å²) in [5, 5.41) is 11.8. The predicted molar refractivity (Wildman–Crippen MR) is 97.0 cm³/mol. The maximum atomic E-state index is 14.3. The van der Waals surface area contributed by atoms with Crippen molar-refractivity contribution in [2.45, 2.75) is 44.4 Å². The van der Waals surface area contributed by atoms with Gasteiger partial charge in [-0.15, -0.1) is 0 Å². The van der Waals surface area contributed by atoms with E-state index in [2.05, 4.69) is 0 Å². The van der Waals surface area contributed by atoms with Crippen LogP contribution < -0.4 is 10.6 Å². The molecule has 1 aliphatic rings. The molecule has 0 aromatic heterocycles. The fraction of sp³-hybridized carbons (Fsp3) is 0.400. The van der Waals surface area contributed by atoms with Gasteiger partial charge in [-0.2, -0.15) is 0 Å². The monoisotopic (exact) mass is 328 g/mol. The molecule has 3 rings (SSSR count). The molecule has 23 heavy (non-hydrogen) atoms. The maximum absolute atomic E-state index is 14.3. The van der Waals surface area contributed by atoms with Crippen LogP contribution in [0.25, 0.3) is 0 Å². The Bertz CT molecular complexity index is 630. The molecule has 0 spiro atoms. The van der Waals surface area contributed by atoms with Crippen molar-refractivity contribution in [3.05, 3.63) is 60.7 Å². The number of rotatable bonds is 4. The minimum Gasteiger partial charge on any atom is -0.381 e. The van der Waals surface area contributed by atoms with Crippen LogP contribution in [0.2, 0.25) is 0 Å². The van der Waals surface area contributed by atoms with Crippen LogP contribution >= 0.6 is 7.14 Å². The lowest BCUT2D eigenvalue weighted by Gasteiger charge is -2.41. The van der Waals surface area contributed by atoms with Gasteiger partial charge in [0, 0.05) is 10.6 Å². The molecular weight excluding hydrogens is 303 g/mol. The van der Waals surface area contributed by atoms with Crippen LogP contribution in [0.4, 0.5) is 0 Å². The van der Waals surface area contributed by atoms with Gasteiger partial charge in [-0.3, -0.25) is 0 Å². The fourth-order valence-corrected chi connectivity index (χ4v) is 7.15. The molecule has 2 aromatic rings. The lowest BCUT2D eigenvalue weighted by molar-refractivity contribution is 0.0582. The normalized spacial score (nSPS) is 19.2. The maximum Gasteiger partial charge on any atom is 0.173 e. The zero-order valence-electron chi connectivity index (χ0n) is 13.7. The van der Waals surface area contributed by atoms with Gasteiger partial charge in [-0.25, -0.2) is 0 Å². The molecule has 0 radical (unpaired) electrons. The summed E-state index contributed by atoms with van der Waals surface area (Å²) >= 11 is 0. The summed E-state index contributed by atoms with van der Waals surface area (Å²) in [5.74, 6) is 0.0856. The predicted octanol–water partition coefficient (Wildman–Crippen LogP) is 4.29. The van der Waals surface area contributed by atoms with Crippen molar-refractivity contribution in [2.24, 2.45) is 5.92 Å². The minimum atomic E-state index is -3.14. The largest absolute Gasteiger partial charge is 0.381 e. The second-order valence-electron chi connectivity index (χ2n) is 6.71. The first-order chi connectivity index (χ1) is 11.1. The van der Waals surface area contributed by atoms with Gasteiger partial charge >= 0.3 is 0 Å². The highest BCUT2D eigenvalue weighted by Crippen LogP contribution is 2.59. The molecule has 1 unspecified atom stereocenters. The van der Waals surface area contributed by atoms with Gasteiger partial charge in [-0.05, 0) is 25.7 Å². The number of hydrogen-bond donors (Lipinski definition) is 1. The van der Waals surface area contributed by atoms with Crippen molar-refractivity contribution < 1.29 is 9.67 Å². The SMILES string of the molecule is CC(O)(C1CCCCC1)P(=O)(c1ccccc1)c1ccccc1. The van der Waals surface area contributed by atoms with Crippen molar-refractivity contribution >= 4 is 17.8 Å². The Labute approximate surface area is 138 Å². The van der Waals surface area contributed by atoms with E-state index < -0.39 is 12.5 Å². The second kappa shape index (κ2) is 6.63. The van der Waals surface area contributed by atoms with Gasteiger partial charge < -0.3 is 9.67 Å². The first kappa shape index (κ1) is 16.5. The number of aliphatic hydroxyl groups is 1. The topological polar surface area (TPSA) is 37.3 Å². The summed E-state index contributed by atoms with van der Waals surface area (Å²) in [7, 11) is -3.14. The Morgan fingerprint density at radius 3 is 1.74 bits per heavy atom. The zero-order valence-corrected chi connectivity index (χ0v) is 14.6. The minimum absolute atomic E-state index is 0.0856.